The molecule has 0 amide bonds. The fourth-order valence-corrected chi connectivity index (χ4v) is 3.21. The molecule has 0 aliphatic heterocycles. The minimum Gasteiger partial charge on any atom is -0.299 e. The van der Waals surface area contributed by atoms with Gasteiger partial charge in [-0.3, -0.25) is 9.36 Å². The molecule has 2 aromatic rings. The summed E-state index contributed by atoms with van der Waals surface area (Å²) >= 11 is 0. The van der Waals surface area contributed by atoms with Crippen molar-refractivity contribution < 1.29 is 17.2 Å². The Labute approximate surface area is 132 Å². The summed E-state index contributed by atoms with van der Waals surface area (Å²) in [6.45, 7) is 4.91. The van der Waals surface area contributed by atoms with Gasteiger partial charge in [-0.1, -0.05) is 0 Å². The first-order chi connectivity index (χ1) is 10.5. The lowest BCUT2D eigenvalue weighted by molar-refractivity contribution is 0.550. The van der Waals surface area contributed by atoms with Gasteiger partial charge >= 0.3 is 0 Å². The zero-order chi connectivity index (χ0) is 17.4. The van der Waals surface area contributed by atoms with Crippen LogP contribution in [0.4, 0.5) is 8.78 Å². The molecular weight excluding hydrogens is 326 g/mol. The molecule has 126 valence electrons. The maximum absolute atomic E-state index is 13.8. The van der Waals surface area contributed by atoms with E-state index in [4.69, 9.17) is 0 Å². The summed E-state index contributed by atoms with van der Waals surface area (Å²) in [6.07, 6.45) is 1.38. The SMILES string of the molecule is CC(C)(C)S(=O)(=O)CCCn1cnc2cc(F)cc(F)c2c1=O. The van der Waals surface area contributed by atoms with Gasteiger partial charge in [-0.05, 0) is 27.2 Å². The van der Waals surface area contributed by atoms with Crippen LogP contribution in [-0.4, -0.2) is 28.5 Å². The van der Waals surface area contributed by atoms with Crippen molar-refractivity contribution in [1.82, 2.24) is 9.55 Å². The Bertz CT molecular complexity index is 899. The van der Waals surface area contributed by atoms with E-state index in [9.17, 15) is 22.0 Å². The third-order valence-electron chi connectivity index (χ3n) is 3.59. The largest absolute Gasteiger partial charge is 0.299 e. The number of rotatable bonds is 4. The molecular formula is C15H18F2N2O3S. The van der Waals surface area contributed by atoms with Crippen LogP contribution in [0.15, 0.2) is 23.3 Å². The molecule has 8 heteroatoms. The summed E-state index contributed by atoms with van der Waals surface area (Å²) in [5, 5.41) is -0.299. The van der Waals surface area contributed by atoms with Crippen molar-refractivity contribution in [3.63, 3.8) is 0 Å². The zero-order valence-electron chi connectivity index (χ0n) is 13.1. The maximum Gasteiger partial charge on any atom is 0.264 e. The number of hydrogen-bond donors (Lipinski definition) is 0. The van der Waals surface area contributed by atoms with Crippen LogP contribution in [0.3, 0.4) is 0 Å². The number of nitrogens with zero attached hydrogens (tertiary/aromatic N) is 2. The van der Waals surface area contributed by atoms with E-state index in [-0.39, 0.29) is 29.6 Å². The number of benzene rings is 1. The Balaban J connectivity index is 2.26. The van der Waals surface area contributed by atoms with E-state index in [2.05, 4.69) is 4.98 Å². The number of halogens is 2. The van der Waals surface area contributed by atoms with Gasteiger partial charge in [0.25, 0.3) is 5.56 Å². The average Bonchev–Trinajstić information content (AvgIpc) is 2.39. The van der Waals surface area contributed by atoms with E-state index in [1.165, 1.54) is 6.33 Å². The molecule has 0 saturated heterocycles. The van der Waals surface area contributed by atoms with E-state index in [1.54, 1.807) is 20.8 Å². The molecule has 0 aliphatic rings. The molecule has 1 heterocycles. The van der Waals surface area contributed by atoms with Gasteiger partial charge in [0.1, 0.15) is 17.0 Å². The molecule has 1 aromatic carbocycles. The van der Waals surface area contributed by atoms with Crippen LogP contribution in [0.2, 0.25) is 0 Å². The predicted octanol–water partition coefficient (Wildman–Crippen LogP) is 2.28. The van der Waals surface area contributed by atoms with E-state index >= 15 is 0 Å². The van der Waals surface area contributed by atoms with Crippen molar-refractivity contribution in [2.75, 3.05) is 5.75 Å². The van der Waals surface area contributed by atoms with Gasteiger partial charge in [0, 0.05) is 18.7 Å². The minimum atomic E-state index is -3.30. The molecule has 0 unspecified atom stereocenters. The van der Waals surface area contributed by atoms with Gasteiger partial charge in [-0.2, -0.15) is 0 Å². The topological polar surface area (TPSA) is 69.0 Å². The number of aryl methyl sites for hydroxylation is 1. The third-order valence-corrected chi connectivity index (χ3v) is 6.28. The lowest BCUT2D eigenvalue weighted by Gasteiger charge is -2.19. The first kappa shape index (κ1) is 17.5. The maximum atomic E-state index is 13.8. The van der Waals surface area contributed by atoms with Gasteiger partial charge in [0.05, 0.1) is 22.3 Å². The van der Waals surface area contributed by atoms with Crippen molar-refractivity contribution in [3.05, 3.63) is 40.4 Å². The molecule has 0 fully saturated rings. The summed E-state index contributed by atoms with van der Waals surface area (Å²) in [4.78, 5) is 16.1. The second kappa shape index (κ2) is 5.99. The fraction of sp³-hybridized carbons (Fsp3) is 0.467. The number of hydrogen-bond acceptors (Lipinski definition) is 4. The molecule has 1 aromatic heterocycles. The fourth-order valence-electron chi connectivity index (χ4n) is 2.09. The molecule has 0 atom stereocenters. The highest BCUT2D eigenvalue weighted by molar-refractivity contribution is 7.92. The summed E-state index contributed by atoms with van der Waals surface area (Å²) in [7, 11) is -3.30. The van der Waals surface area contributed by atoms with Crippen molar-refractivity contribution in [2.45, 2.75) is 38.5 Å². The molecule has 0 N–H and O–H groups in total. The second-order valence-corrected chi connectivity index (χ2v) is 9.17. The lowest BCUT2D eigenvalue weighted by atomic mass is 10.2. The number of fused-ring (bicyclic) bond motifs is 1. The van der Waals surface area contributed by atoms with E-state index in [1.807, 2.05) is 0 Å². The standard InChI is InChI=1S/C15H18F2N2O3S/c1-15(2,3)23(21,22)6-4-5-19-9-18-12-8-10(16)7-11(17)13(12)14(19)20/h7-9H,4-6H2,1-3H3. The smallest absolute Gasteiger partial charge is 0.264 e. The molecule has 5 nitrogen and oxygen atoms in total. The lowest BCUT2D eigenvalue weighted by Crippen LogP contribution is -2.31. The van der Waals surface area contributed by atoms with E-state index in [0.717, 1.165) is 10.6 Å². The first-order valence-corrected chi connectivity index (χ1v) is 8.75. The molecule has 0 aliphatic carbocycles. The van der Waals surface area contributed by atoms with Gasteiger partial charge in [-0.25, -0.2) is 22.2 Å². The van der Waals surface area contributed by atoms with Gasteiger partial charge in [-0.15, -0.1) is 0 Å². The Morgan fingerprint density at radius 2 is 1.87 bits per heavy atom. The van der Waals surface area contributed by atoms with Crippen LogP contribution in [-0.2, 0) is 16.4 Å². The Morgan fingerprint density at radius 3 is 2.48 bits per heavy atom. The Kier molecular flexibility index (Phi) is 4.57. The molecule has 0 spiro atoms. The minimum absolute atomic E-state index is 0.0638. The van der Waals surface area contributed by atoms with Crippen molar-refractivity contribution >= 4 is 20.7 Å². The van der Waals surface area contributed by atoms with E-state index < -0.39 is 31.8 Å². The third kappa shape index (κ3) is 3.57. The van der Waals surface area contributed by atoms with E-state index in [0.29, 0.717) is 6.07 Å². The highest BCUT2D eigenvalue weighted by Gasteiger charge is 2.28. The van der Waals surface area contributed by atoms with Crippen LogP contribution < -0.4 is 5.56 Å². The molecule has 0 radical (unpaired) electrons. The quantitative estimate of drug-likeness (QED) is 0.853. The summed E-state index contributed by atoms with van der Waals surface area (Å²) in [5.41, 5.74) is -0.716. The number of aromatic nitrogens is 2. The monoisotopic (exact) mass is 344 g/mol. The normalized spacial score (nSPS) is 12.7. The van der Waals surface area contributed by atoms with Gasteiger partial charge in [0.2, 0.25) is 0 Å². The molecule has 0 saturated carbocycles. The Hall–Kier alpha value is -1.83. The van der Waals surface area contributed by atoms with Crippen LogP contribution in [0, 0.1) is 11.6 Å². The van der Waals surface area contributed by atoms with Crippen LogP contribution in [0.25, 0.3) is 10.9 Å². The van der Waals surface area contributed by atoms with Crippen molar-refractivity contribution in [2.24, 2.45) is 0 Å². The summed E-state index contributed by atoms with van der Waals surface area (Å²) < 4.78 is 51.2. The van der Waals surface area contributed by atoms with Crippen molar-refractivity contribution in [3.8, 4) is 0 Å². The highest BCUT2D eigenvalue weighted by atomic mass is 32.2. The van der Waals surface area contributed by atoms with Crippen LogP contribution >= 0.6 is 0 Å². The van der Waals surface area contributed by atoms with Crippen LogP contribution in [0.5, 0.6) is 0 Å². The zero-order valence-corrected chi connectivity index (χ0v) is 14.0. The van der Waals surface area contributed by atoms with Gasteiger partial charge in [0.15, 0.2) is 9.84 Å². The molecule has 0 bridgehead atoms. The summed E-state index contributed by atoms with van der Waals surface area (Å²) in [5.74, 6) is -1.88. The van der Waals surface area contributed by atoms with Crippen LogP contribution in [0.1, 0.15) is 27.2 Å². The summed E-state index contributed by atoms with van der Waals surface area (Å²) in [6, 6.07) is 1.61. The second-order valence-electron chi connectivity index (χ2n) is 6.31. The number of sulfone groups is 1. The van der Waals surface area contributed by atoms with Gasteiger partial charge < -0.3 is 0 Å². The Morgan fingerprint density at radius 1 is 1.22 bits per heavy atom. The van der Waals surface area contributed by atoms with Crippen molar-refractivity contribution in [1.29, 1.82) is 0 Å². The first-order valence-electron chi connectivity index (χ1n) is 7.09. The highest BCUT2D eigenvalue weighted by Crippen LogP contribution is 2.17. The molecule has 2 rings (SSSR count). The average molecular weight is 344 g/mol. The predicted molar refractivity (Wildman–Crippen MR) is 84.1 cm³/mol. The molecule has 23 heavy (non-hydrogen) atoms.